The lowest BCUT2D eigenvalue weighted by Crippen LogP contribution is -2.32. The predicted octanol–water partition coefficient (Wildman–Crippen LogP) is 2.90. The molecule has 0 saturated heterocycles. The molecule has 1 aromatic carbocycles. The molecule has 0 aliphatic heterocycles. The van der Waals surface area contributed by atoms with E-state index in [1.54, 1.807) is 24.5 Å². The second kappa shape index (κ2) is 12.3. The van der Waals surface area contributed by atoms with Crippen molar-refractivity contribution in [3.63, 3.8) is 0 Å². The Morgan fingerprint density at radius 1 is 1.14 bits per heavy atom. The number of aryl methyl sites for hydroxylation is 1. The minimum absolute atomic E-state index is 0.0417. The van der Waals surface area contributed by atoms with Crippen LogP contribution in [0.3, 0.4) is 0 Å². The number of methoxy groups -OCH3 is 2. The Morgan fingerprint density at radius 3 is 2.59 bits per heavy atom. The number of hydrogen-bond donors (Lipinski definition) is 1. The number of aromatic nitrogens is 1. The summed E-state index contributed by atoms with van der Waals surface area (Å²) in [5.41, 5.74) is 1.99. The van der Waals surface area contributed by atoms with Crippen LogP contribution in [0.1, 0.15) is 44.3 Å². The molecule has 0 spiro atoms. The molecule has 2 amide bonds. The van der Waals surface area contributed by atoms with Crippen LogP contribution in [0.15, 0.2) is 29.6 Å². The zero-order chi connectivity index (χ0) is 21.1. The molecule has 0 unspecified atom stereocenters. The van der Waals surface area contributed by atoms with E-state index in [1.807, 2.05) is 31.2 Å². The van der Waals surface area contributed by atoms with Crippen LogP contribution in [0, 0.1) is 6.92 Å². The average Bonchev–Trinajstić information content (AvgIpc) is 3.19. The zero-order valence-corrected chi connectivity index (χ0v) is 18.1. The third-order valence-electron chi connectivity index (χ3n) is 4.36. The van der Waals surface area contributed by atoms with Crippen molar-refractivity contribution in [1.82, 2.24) is 15.2 Å². The van der Waals surface area contributed by atoms with Gasteiger partial charge < -0.3 is 19.7 Å². The van der Waals surface area contributed by atoms with Crippen molar-refractivity contribution in [3.8, 4) is 0 Å². The van der Waals surface area contributed by atoms with Gasteiger partial charge >= 0.3 is 0 Å². The Morgan fingerprint density at radius 2 is 1.86 bits per heavy atom. The first-order valence-corrected chi connectivity index (χ1v) is 10.5. The summed E-state index contributed by atoms with van der Waals surface area (Å²) >= 11 is 1.38. The highest BCUT2D eigenvalue weighted by Gasteiger charge is 2.20. The van der Waals surface area contributed by atoms with Crippen LogP contribution in [-0.2, 0) is 16.0 Å². The van der Waals surface area contributed by atoms with E-state index in [-0.39, 0.29) is 11.8 Å². The fraction of sp³-hybridized carbons (Fsp3) is 0.476. The Labute approximate surface area is 176 Å². The molecule has 1 aromatic heterocycles. The number of thiazole rings is 1. The van der Waals surface area contributed by atoms with Gasteiger partial charge in [0.05, 0.1) is 6.54 Å². The van der Waals surface area contributed by atoms with E-state index < -0.39 is 0 Å². The average molecular weight is 420 g/mol. The molecule has 0 aliphatic rings. The van der Waals surface area contributed by atoms with Crippen molar-refractivity contribution >= 4 is 23.2 Å². The molecule has 0 aliphatic carbocycles. The number of carbonyl (C=O) groups excluding carboxylic acids is 2. The van der Waals surface area contributed by atoms with E-state index in [1.165, 1.54) is 11.3 Å². The van der Waals surface area contributed by atoms with Crippen molar-refractivity contribution < 1.29 is 19.1 Å². The van der Waals surface area contributed by atoms with E-state index in [0.717, 1.165) is 23.4 Å². The summed E-state index contributed by atoms with van der Waals surface area (Å²) in [4.78, 5) is 31.5. The van der Waals surface area contributed by atoms with Crippen LogP contribution in [0.2, 0.25) is 0 Å². The van der Waals surface area contributed by atoms with Crippen molar-refractivity contribution in [2.45, 2.75) is 26.3 Å². The lowest BCUT2D eigenvalue weighted by Gasteiger charge is -2.22. The highest BCUT2D eigenvalue weighted by molar-refractivity contribution is 7.09. The fourth-order valence-corrected chi connectivity index (χ4v) is 3.58. The van der Waals surface area contributed by atoms with Crippen molar-refractivity contribution in [1.29, 1.82) is 0 Å². The van der Waals surface area contributed by atoms with Gasteiger partial charge in [-0.15, -0.1) is 11.3 Å². The minimum Gasteiger partial charge on any atom is -0.385 e. The lowest BCUT2D eigenvalue weighted by molar-refractivity contribution is 0.0722. The first-order chi connectivity index (χ1) is 14.1. The predicted molar refractivity (Wildman–Crippen MR) is 113 cm³/mol. The molecule has 0 fully saturated rings. The molecule has 0 bridgehead atoms. The number of amides is 2. The summed E-state index contributed by atoms with van der Waals surface area (Å²) in [5, 5.41) is 5.28. The number of nitrogens with one attached hydrogen (secondary N) is 1. The minimum atomic E-state index is -0.209. The molecular weight excluding hydrogens is 390 g/mol. The van der Waals surface area contributed by atoms with Gasteiger partial charge in [0.2, 0.25) is 0 Å². The maximum Gasteiger partial charge on any atom is 0.270 e. The SMILES string of the molecule is COCCCNC(=O)c1csc(CN(CCCOC)C(=O)c2ccccc2C)n1. The van der Waals surface area contributed by atoms with Crippen LogP contribution in [0.4, 0.5) is 0 Å². The number of rotatable bonds is 12. The molecule has 2 rings (SSSR count). The third kappa shape index (κ3) is 7.23. The van der Waals surface area contributed by atoms with E-state index in [9.17, 15) is 9.59 Å². The molecule has 8 heteroatoms. The third-order valence-corrected chi connectivity index (χ3v) is 5.19. The molecule has 1 heterocycles. The van der Waals surface area contributed by atoms with Gasteiger partial charge in [-0.3, -0.25) is 9.59 Å². The monoisotopic (exact) mass is 419 g/mol. The van der Waals surface area contributed by atoms with Crippen molar-refractivity contribution in [2.75, 3.05) is 40.5 Å². The molecule has 158 valence electrons. The van der Waals surface area contributed by atoms with Crippen molar-refractivity contribution in [2.24, 2.45) is 0 Å². The maximum absolute atomic E-state index is 13.1. The summed E-state index contributed by atoms with van der Waals surface area (Å²) in [6.45, 7) is 4.55. The van der Waals surface area contributed by atoms with Crippen LogP contribution in [0.25, 0.3) is 0 Å². The molecule has 29 heavy (non-hydrogen) atoms. The quantitative estimate of drug-likeness (QED) is 0.535. The van der Waals surface area contributed by atoms with Crippen molar-refractivity contribution in [3.05, 3.63) is 51.5 Å². The van der Waals surface area contributed by atoms with Crippen LogP contribution < -0.4 is 5.32 Å². The number of benzene rings is 1. The molecule has 0 saturated carbocycles. The fourth-order valence-electron chi connectivity index (χ4n) is 2.80. The standard InChI is InChI=1S/C21H29N3O4S/c1-16-8-4-5-9-17(16)21(26)24(11-7-13-28-3)14-19-23-18(15-29-19)20(25)22-10-6-12-27-2/h4-5,8-9,15H,6-7,10-14H2,1-3H3,(H,22,25). The normalized spacial score (nSPS) is 10.7. The summed E-state index contributed by atoms with van der Waals surface area (Å²) in [6, 6.07) is 7.54. The molecular formula is C21H29N3O4S. The molecule has 7 nitrogen and oxygen atoms in total. The zero-order valence-electron chi connectivity index (χ0n) is 17.3. The second-order valence-corrected chi connectivity index (χ2v) is 7.56. The van der Waals surface area contributed by atoms with Gasteiger partial charge in [-0.2, -0.15) is 0 Å². The van der Waals surface area contributed by atoms with E-state index in [0.29, 0.717) is 44.1 Å². The Hall–Kier alpha value is -2.29. The smallest absolute Gasteiger partial charge is 0.270 e. The molecule has 0 atom stereocenters. The van der Waals surface area contributed by atoms with Gasteiger partial charge in [0.1, 0.15) is 10.7 Å². The first-order valence-electron chi connectivity index (χ1n) is 9.62. The van der Waals surface area contributed by atoms with Gasteiger partial charge in [-0.1, -0.05) is 18.2 Å². The van der Waals surface area contributed by atoms with Gasteiger partial charge in [0.15, 0.2) is 0 Å². The Balaban J connectivity index is 2.05. The largest absolute Gasteiger partial charge is 0.385 e. The van der Waals surface area contributed by atoms with Gasteiger partial charge in [0, 0.05) is 51.5 Å². The van der Waals surface area contributed by atoms with Crippen LogP contribution in [-0.4, -0.2) is 62.2 Å². The number of hydrogen-bond acceptors (Lipinski definition) is 6. The number of carbonyl (C=O) groups is 2. The van der Waals surface area contributed by atoms with Gasteiger partial charge in [-0.05, 0) is 31.4 Å². The lowest BCUT2D eigenvalue weighted by atomic mass is 10.1. The molecule has 0 radical (unpaired) electrons. The summed E-state index contributed by atoms with van der Waals surface area (Å²) < 4.78 is 10.1. The van der Waals surface area contributed by atoms with Gasteiger partial charge in [0.25, 0.3) is 11.8 Å². The van der Waals surface area contributed by atoms with E-state index >= 15 is 0 Å². The van der Waals surface area contributed by atoms with E-state index in [4.69, 9.17) is 9.47 Å². The Kier molecular flexibility index (Phi) is 9.76. The molecule has 2 aromatic rings. The number of ether oxygens (including phenoxy) is 2. The first kappa shape index (κ1) is 23.0. The van der Waals surface area contributed by atoms with E-state index in [2.05, 4.69) is 10.3 Å². The highest BCUT2D eigenvalue weighted by Crippen LogP contribution is 2.17. The van der Waals surface area contributed by atoms with Crippen LogP contribution in [0.5, 0.6) is 0 Å². The van der Waals surface area contributed by atoms with Crippen LogP contribution >= 0.6 is 11.3 Å². The Bertz CT molecular complexity index is 794. The summed E-state index contributed by atoms with van der Waals surface area (Å²) in [6.07, 6.45) is 1.48. The summed E-state index contributed by atoms with van der Waals surface area (Å²) in [5.74, 6) is -0.250. The second-order valence-electron chi connectivity index (χ2n) is 6.62. The molecule has 1 N–H and O–H groups in total. The van der Waals surface area contributed by atoms with Gasteiger partial charge in [-0.25, -0.2) is 4.98 Å². The highest BCUT2D eigenvalue weighted by atomic mass is 32.1. The number of nitrogens with zero attached hydrogens (tertiary/aromatic N) is 2. The maximum atomic E-state index is 13.1. The summed E-state index contributed by atoms with van der Waals surface area (Å²) in [7, 11) is 3.27. The topological polar surface area (TPSA) is 80.8 Å².